The quantitative estimate of drug-likeness (QED) is 0.119. The number of alkyl halides is 5. The second kappa shape index (κ2) is 17.1. The third-order valence-electron chi connectivity index (χ3n) is 9.22. The minimum absolute atomic E-state index is 0.0202. The molecule has 2 heterocycles. The van der Waals surface area contributed by atoms with Gasteiger partial charge < -0.3 is 19.9 Å². The van der Waals surface area contributed by atoms with Gasteiger partial charge in [0.25, 0.3) is 5.91 Å². The summed E-state index contributed by atoms with van der Waals surface area (Å²) < 4.78 is 78.9. The van der Waals surface area contributed by atoms with Gasteiger partial charge in [-0.1, -0.05) is 93.0 Å². The molecular weight excluding hydrogens is 807 g/mol. The molecule has 0 aliphatic carbocycles. The number of guanidine groups is 1. The predicted molar refractivity (Wildman–Crippen MR) is 204 cm³/mol. The van der Waals surface area contributed by atoms with Crippen molar-refractivity contribution in [2.24, 2.45) is 10.4 Å². The van der Waals surface area contributed by atoms with Crippen molar-refractivity contribution in [2.45, 2.75) is 77.5 Å². The molecular formula is C40H40ClF5N6O7. The number of halogens is 6. The van der Waals surface area contributed by atoms with Crippen LogP contribution in [0.15, 0.2) is 90.2 Å². The molecule has 1 aliphatic rings. The van der Waals surface area contributed by atoms with Crippen LogP contribution in [-0.4, -0.2) is 68.1 Å². The summed E-state index contributed by atoms with van der Waals surface area (Å²) in [5.74, 6) is -2.72. The van der Waals surface area contributed by atoms with Crippen LogP contribution in [0.3, 0.4) is 0 Å². The van der Waals surface area contributed by atoms with Gasteiger partial charge in [0.1, 0.15) is 18.8 Å². The highest BCUT2D eigenvalue weighted by Gasteiger charge is 2.54. The Kier molecular flexibility index (Phi) is 12.7. The summed E-state index contributed by atoms with van der Waals surface area (Å²) in [5, 5.41) is 17.6. The number of benzene rings is 3. The van der Waals surface area contributed by atoms with Crippen molar-refractivity contribution < 1.29 is 55.7 Å². The maximum absolute atomic E-state index is 15.3. The van der Waals surface area contributed by atoms with Gasteiger partial charge in [-0.15, -0.1) is 0 Å². The van der Waals surface area contributed by atoms with Gasteiger partial charge in [0, 0.05) is 11.8 Å². The van der Waals surface area contributed by atoms with Crippen LogP contribution in [0, 0.1) is 5.41 Å². The molecule has 4 aromatic rings. The molecule has 1 aliphatic heterocycles. The molecule has 314 valence electrons. The SMILES string of the molecule is CC(C)(C)C[C@]1(c2ccc(-c3cnn(C(F)F)c3)cc2)N=C(NC(=O)OCc2ccccc2)N([C@H](COC(=O)NC(C)(C)C(F)(F)F)c2ccc(Cl)c(C(=O)O)c2)C1=O. The number of nitrogens with one attached hydrogen (secondary N) is 2. The first-order valence-electron chi connectivity index (χ1n) is 17.9. The minimum Gasteiger partial charge on any atom is -0.478 e. The largest absolute Gasteiger partial charge is 0.478 e. The van der Waals surface area contributed by atoms with E-state index >= 15 is 4.79 Å². The average Bonchev–Trinajstić information content (AvgIpc) is 3.74. The minimum atomic E-state index is -4.89. The molecule has 0 saturated heterocycles. The number of rotatable bonds is 12. The second-order valence-corrected chi connectivity index (χ2v) is 15.8. The Bertz CT molecular complexity index is 2230. The van der Waals surface area contributed by atoms with Crippen LogP contribution in [0.2, 0.25) is 5.02 Å². The zero-order valence-electron chi connectivity index (χ0n) is 32.3. The van der Waals surface area contributed by atoms with E-state index in [1.807, 2.05) is 20.8 Å². The number of carbonyl (C=O) groups excluding carboxylic acids is 3. The lowest BCUT2D eigenvalue weighted by atomic mass is 9.75. The summed E-state index contributed by atoms with van der Waals surface area (Å²) >= 11 is 6.18. The Hall–Kier alpha value is -6.04. The molecule has 19 heteroatoms. The summed E-state index contributed by atoms with van der Waals surface area (Å²) in [6.45, 7) is 2.91. The zero-order valence-corrected chi connectivity index (χ0v) is 33.1. The van der Waals surface area contributed by atoms with E-state index in [2.05, 4.69) is 10.4 Å². The highest BCUT2D eigenvalue weighted by atomic mass is 35.5. The lowest BCUT2D eigenvalue weighted by Gasteiger charge is -2.35. The number of aliphatic imine (C=N–C) groups is 1. The number of carbonyl (C=O) groups is 4. The molecule has 2 atom stereocenters. The van der Waals surface area contributed by atoms with E-state index in [0.29, 0.717) is 35.2 Å². The van der Waals surface area contributed by atoms with Crippen LogP contribution in [0.25, 0.3) is 11.1 Å². The summed E-state index contributed by atoms with van der Waals surface area (Å²) in [6.07, 6.45) is -5.14. The Morgan fingerprint density at radius 1 is 0.915 bits per heavy atom. The molecule has 3 aromatic carbocycles. The number of nitrogens with zero attached hydrogens (tertiary/aromatic N) is 4. The molecule has 3 amide bonds. The number of hydrogen-bond donors (Lipinski definition) is 3. The maximum atomic E-state index is 15.3. The Balaban J connectivity index is 1.64. The molecule has 0 unspecified atom stereocenters. The molecule has 0 bridgehead atoms. The number of hydrogen-bond acceptors (Lipinski definition) is 8. The van der Waals surface area contributed by atoms with Gasteiger partial charge >= 0.3 is 30.9 Å². The zero-order chi connectivity index (χ0) is 43.5. The maximum Gasteiger partial charge on any atom is 0.414 e. The first-order chi connectivity index (χ1) is 27.5. The molecule has 1 aromatic heterocycles. The van der Waals surface area contributed by atoms with Crippen molar-refractivity contribution in [3.8, 4) is 11.1 Å². The lowest BCUT2D eigenvalue weighted by molar-refractivity contribution is -0.183. The van der Waals surface area contributed by atoms with Gasteiger partial charge in [-0.05, 0) is 60.1 Å². The number of alkyl carbamates (subject to hydrolysis) is 2. The smallest absolute Gasteiger partial charge is 0.414 e. The van der Waals surface area contributed by atoms with E-state index in [1.165, 1.54) is 18.3 Å². The van der Waals surface area contributed by atoms with Crippen molar-refractivity contribution >= 4 is 41.6 Å². The first-order valence-corrected chi connectivity index (χ1v) is 18.3. The van der Waals surface area contributed by atoms with Gasteiger partial charge in [0.05, 0.1) is 22.8 Å². The molecule has 0 spiro atoms. The van der Waals surface area contributed by atoms with E-state index in [0.717, 1.165) is 17.2 Å². The van der Waals surface area contributed by atoms with Crippen molar-refractivity contribution in [2.75, 3.05) is 6.61 Å². The number of carboxylic acid groups (broad SMARTS) is 1. The van der Waals surface area contributed by atoms with E-state index in [-0.39, 0.29) is 29.2 Å². The summed E-state index contributed by atoms with van der Waals surface area (Å²) in [7, 11) is 0. The van der Waals surface area contributed by atoms with Crippen LogP contribution in [0.5, 0.6) is 0 Å². The van der Waals surface area contributed by atoms with E-state index in [1.54, 1.807) is 59.9 Å². The van der Waals surface area contributed by atoms with Crippen molar-refractivity contribution in [3.05, 3.63) is 112 Å². The van der Waals surface area contributed by atoms with Gasteiger partial charge in [0.2, 0.25) is 5.96 Å². The summed E-state index contributed by atoms with van der Waals surface area (Å²) in [5.41, 5.74) is -4.06. The number of aromatic nitrogens is 2. The fourth-order valence-corrected chi connectivity index (χ4v) is 6.46. The van der Waals surface area contributed by atoms with E-state index < -0.39 is 77.5 Å². The Morgan fingerprint density at radius 3 is 2.15 bits per heavy atom. The predicted octanol–water partition coefficient (Wildman–Crippen LogP) is 8.86. The molecule has 5 rings (SSSR count). The number of aromatic carboxylic acids is 1. The van der Waals surface area contributed by atoms with Crippen molar-refractivity contribution in [1.82, 2.24) is 25.3 Å². The van der Waals surface area contributed by atoms with Gasteiger partial charge in [-0.25, -0.2) is 24.1 Å². The monoisotopic (exact) mass is 846 g/mol. The molecule has 0 radical (unpaired) electrons. The highest BCUT2D eigenvalue weighted by Crippen LogP contribution is 2.46. The number of ether oxygens (including phenoxy) is 2. The normalized spacial score (nSPS) is 16.4. The third-order valence-corrected chi connectivity index (χ3v) is 9.55. The van der Waals surface area contributed by atoms with Gasteiger partial charge in [-0.3, -0.25) is 15.0 Å². The van der Waals surface area contributed by atoms with Crippen LogP contribution in [-0.2, 0) is 26.4 Å². The van der Waals surface area contributed by atoms with E-state index in [9.17, 15) is 41.4 Å². The molecule has 59 heavy (non-hydrogen) atoms. The third kappa shape index (κ3) is 10.2. The first kappa shape index (κ1) is 44.1. The highest BCUT2D eigenvalue weighted by molar-refractivity contribution is 6.33. The Morgan fingerprint density at radius 2 is 1.58 bits per heavy atom. The van der Waals surface area contributed by atoms with Crippen LogP contribution < -0.4 is 10.6 Å². The molecule has 13 nitrogen and oxygen atoms in total. The fraction of sp³-hybridized carbons (Fsp3) is 0.350. The lowest BCUT2D eigenvalue weighted by Crippen LogP contribution is -2.55. The summed E-state index contributed by atoms with van der Waals surface area (Å²) in [6, 6.07) is 16.9. The van der Waals surface area contributed by atoms with Crippen LogP contribution in [0.4, 0.5) is 31.5 Å². The van der Waals surface area contributed by atoms with Gasteiger partial charge in [-0.2, -0.15) is 27.1 Å². The average molecular weight is 847 g/mol. The molecule has 3 N–H and O–H groups in total. The summed E-state index contributed by atoms with van der Waals surface area (Å²) in [4.78, 5) is 59.7. The fourth-order valence-electron chi connectivity index (χ4n) is 6.26. The number of amides is 3. The number of carboxylic acids is 1. The molecule has 0 fully saturated rings. The molecule has 0 saturated carbocycles. The Labute approximate surface area is 340 Å². The van der Waals surface area contributed by atoms with Crippen molar-refractivity contribution in [1.29, 1.82) is 0 Å². The van der Waals surface area contributed by atoms with Crippen LogP contribution >= 0.6 is 11.6 Å². The van der Waals surface area contributed by atoms with Gasteiger partial charge in [0.15, 0.2) is 5.54 Å². The standard InChI is InChI=1S/C40H40ClF5N6O7/c1-37(2,3)22-39(27-14-11-24(12-15-27)26-18-47-51(19-26)33(42)43)32(55)52(34(49-39)48-35(56)58-20-23-9-7-6-8-10-23)30(25-13-16-29(41)28(17-25)31(53)54)21-59-36(57)50-38(4,5)40(44,45)46/h6-19,30,33H,20-22H2,1-5H3,(H,50,57)(H,53,54)(H,48,49,56)/t30-,39-/m1/s1. The van der Waals surface area contributed by atoms with Crippen LogP contribution in [0.1, 0.15) is 80.7 Å². The van der Waals surface area contributed by atoms with E-state index in [4.69, 9.17) is 26.1 Å². The van der Waals surface area contributed by atoms with Crippen molar-refractivity contribution in [3.63, 3.8) is 0 Å². The second-order valence-electron chi connectivity index (χ2n) is 15.4. The topological polar surface area (TPSA) is 164 Å².